The molecule has 0 saturated carbocycles. The maximum Gasteiger partial charge on any atom is 0.513 e. The molecule has 2 atom stereocenters. The average molecular weight is 406 g/mol. The van der Waals surface area contributed by atoms with Gasteiger partial charge in [-0.05, 0) is 17.7 Å². The molecule has 2 aromatic carbocycles. The fourth-order valence-corrected chi connectivity index (χ4v) is 2.88. The standard InChI is InChI=1S/C19H18O10/c1-25-18(23)28-14-4-3-9(5-16(14)29-19(24)26-2)17-13(22)8-11-12(21)6-10(20)7-15(11)27-17/h3-7,13,17,20-22H,8H2,1-2H3/t13-,17-/m1/s1. The van der Waals surface area contributed by atoms with Crippen LogP contribution in [0.25, 0.3) is 0 Å². The lowest BCUT2D eigenvalue weighted by molar-refractivity contribution is 0.0196. The minimum absolute atomic E-state index is 0.0553. The van der Waals surface area contributed by atoms with Gasteiger partial charge in [0, 0.05) is 24.1 Å². The van der Waals surface area contributed by atoms with Crippen LogP contribution in [-0.2, 0) is 15.9 Å². The van der Waals surface area contributed by atoms with Crippen LogP contribution in [0.2, 0.25) is 0 Å². The van der Waals surface area contributed by atoms with Crippen LogP contribution in [0, 0.1) is 0 Å². The van der Waals surface area contributed by atoms with Crippen LogP contribution in [-0.4, -0.2) is 48.0 Å². The number of carbonyl (C=O) groups excluding carboxylic acids is 2. The lowest BCUT2D eigenvalue weighted by Crippen LogP contribution is -2.30. The van der Waals surface area contributed by atoms with Gasteiger partial charge in [-0.15, -0.1) is 0 Å². The van der Waals surface area contributed by atoms with Crippen molar-refractivity contribution in [1.82, 2.24) is 0 Å². The van der Waals surface area contributed by atoms with Crippen LogP contribution in [0.15, 0.2) is 30.3 Å². The molecule has 1 heterocycles. The minimum Gasteiger partial charge on any atom is -0.508 e. The molecule has 0 spiro atoms. The van der Waals surface area contributed by atoms with Crippen molar-refractivity contribution >= 4 is 12.3 Å². The number of aliphatic hydroxyl groups is 1. The molecule has 0 radical (unpaired) electrons. The number of benzene rings is 2. The van der Waals surface area contributed by atoms with Gasteiger partial charge in [-0.1, -0.05) is 6.07 Å². The van der Waals surface area contributed by atoms with E-state index >= 15 is 0 Å². The van der Waals surface area contributed by atoms with E-state index in [1.54, 1.807) is 0 Å². The Morgan fingerprint density at radius 2 is 1.66 bits per heavy atom. The quantitative estimate of drug-likeness (QED) is 0.514. The predicted molar refractivity (Wildman–Crippen MR) is 95.4 cm³/mol. The van der Waals surface area contributed by atoms with Crippen LogP contribution in [0.1, 0.15) is 17.2 Å². The zero-order valence-corrected chi connectivity index (χ0v) is 15.4. The molecule has 3 N–H and O–H groups in total. The highest BCUT2D eigenvalue weighted by Gasteiger charge is 2.33. The number of hydrogen-bond donors (Lipinski definition) is 3. The van der Waals surface area contributed by atoms with Crippen molar-refractivity contribution in [2.45, 2.75) is 18.6 Å². The number of aromatic hydroxyl groups is 2. The largest absolute Gasteiger partial charge is 0.513 e. The summed E-state index contributed by atoms with van der Waals surface area (Å²) in [6.07, 6.45) is -4.00. The molecule has 1 aliphatic heterocycles. The molecule has 0 unspecified atom stereocenters. The second kappa shape index (κ2) is 8.15. The van der Waals surface area contributed by atoms with E-state index in [9.17, 15) is 24.9 Å². The molecular weight excluding hydrogens is 388 g/mol. The van der Waals surface area contributed by atoms with E-state index in [0.717, 1.165) is 20.3 Å². The van der Waals surface area contributed by atoms with E-state index in [2.05, 4.69) is 9.47 Å². The highest BCUT2D eigenvalue weighted by Crippen LogP contribution is 2.43. The van der Waals surface area contributed by atoms with Gasteiger partial charge in [-0.3, -0.25) is 0 Å². The van der Waals surface area contributed by atoms with Gasteiger partial charge in [0.1, 0.15) is 23.4 Å². The highest BCUT2D eigenvalue weighted by molar-refractivity contribution is 5.69. The Kier molecular flexibility index (Phi) is 5.64. The number of methoxy groups -OCH3 is 2. The van der Waals surface area contributed by atoms with Crippen molar-refractivity contribution in [3.8, 4) is 28.7 Å². The molecule has 3 rings (SSSR count). The first-order valence-corrected chi connectivity index (χ1v) is 8.37. The third-order valence-electron chi connectivity index (χ3n) is 4.20. The van der Waals surface area contributed by atoms with Crippen molar-refractivity contribution in [2.24, 2.45) is 0 Å². The Labute approximate surface area is 164 Å². The number of ether oxygens (including phenoxy) is 5. The molecule has 2 aromatic rings. The van der Waals surface area contributed by atoms with Gasteiger partial charge in [0.2, 0.25) is 0 Å². The minimum atomic E-state index is -1.06. The number of phenolic OH excluding ortho intramolecular Hbond substituents is 2. The molecular formula is C19H18O10. The maximum absolute atomic E-state index is 11.5. The van der Waals surface area contributed by atoms with Crippen molar-refractivity contribution in [2.75, 3.05) is 14.2 Å². The van der Waals surface area contributed by atoms with Crippen LogP contribution in [0.5, 0.6) is 28.7 Å². The predicted octanol–water partition coefficient (Wildman–Crippen LogP) is 2.43. The summed E-state index contributed by atoms with van der Waals surface area (Å²) < 4.78 is 24.6. The zero-order valence-electron chi connectivity index (χ0n) is 15.4. The Morgan fingerprint density at radius 1 is 1.00 bits per heavy atom. The van der Waals surface area contributed by atoms with E-state index in [1.165, 1.54) is 24.3 Å². The van der Waals surface area contributed by atoms with Crippen molar-refractivity contribution in [1.29, 1.82) is 0 Å². The second-order valence-electron chi connectivity index (χ2n) is 6.07. The molecule has 29 heavy (non-hydrogen) atoms. The first kappa shape index (κ1) is 20.1. The number of aliphatic hydroxyl groups excluding tert-OH is 1. The monoisotopic (exact) mass is 406 g/mol. The smallest absolute Gasteiger partial charge is 0.508 e. The van der Waals surface area contributed by atoms with Gasteiger partial charge in [0.05, 0.1) is 20.3 Å². The van der Waals surface area contributed by atoms with Crippen LogP contribution < -0.4 is 14.2 Å². The fraction of sp³-hybridized carbons (Fsp3) is 0.263. The molecule has 0 amide bonds. The topological polar surface area (TPSA) is 141 Å². The molecule has 0 aliphatic carbocycles. The van der Waals surface area contributed by atoms with Gasteiger partial charge in [0.15, 0.2) is 11.5 Å². The number of carbonyl (C=O) groups is 2. The number of rotatable bonds is 3. The maximum atomic E-state index is 11.5. The zero-order chi connectivity index (χ0) is 21.1. The van der Waals surface area contributed by atoms with Gasteiger partial charge in [0.25, 0.3) is 0 Å². The third-order valence-corrected chi connectivity index (χ3v) is 4.20. The summed E-state index contributed by atoms with van der Waals surface area (Å²) in [5, 5.41) is 30.1. The number of fused-ring (bicyclic) bond motifs is 1. The summed E-state index contributed by atoms with van der Waals surface area (Å²) in [4.78, 5) is 22.9. The Hall–Kier alpha value is -3.66. The van der Waals surface area contributed by atoms with Crippen LogP contribution >= 0.6 is 0 Å². The molecule has 0 fully saturated rings. The fourth-order valence-electron chi connectivity index (χ4n) is 2.88. The lowest BCUT2D eigenvalue weighted by Gasteiger charge is -2.31. The highest BCUT2D eigenvalue weighted by atomic mass is 16.7. The van der Waals surface area contributed by atoms with Crippen molar-refractivity contribution in [3.05, 3.63) is 41.5 Å². The summed E-state index contributed by atoms with van der Waals surface area (Å²) in [6, 6.07) is 6.61. The van der Waals surface area contributed by atoms with Crippen LogP contribution in [0.3, 0.4) is 0 Å². The van der Waals surface area contributed by atoms with Gasteiger partial charge >= 0.3 is 12.3 Å². The van der Waals surface area contributed by atoms with Gasteiger partial charge in [-0.2, -0.15) is 0 Å². The third kappa shape index (κ3) is 4.27. The molecule has 0 aromatic heterocycles. The van der Waals surface area contributed by atoms with E-state index < -0.39 is 24.5 Å². The van der Waals surface area contributed by atoms with Crippen molar-refractivity contribution in [3.63, 3.8) is 0 Å². The Balaban J connectivity index is 1.96. The molecule has 10 heteroatoms. The summed E-state index contributed by atoms with van der Waals surface area (Å²) in [5.74, 6) is -0.489. The number of hydrogen-bond acceptors (Lipinski definition) is 10. The Morgan fingerprint density at radius 3 is 2.31 bits per heavy atom. The van der Waals surface area contributed by atoms with Gasteiger partial charge < -0.3 is 39.0 Å². The van der Waals surface area contributed by atoms with Crippen LogP contribution in [0.4, 0.5) is 9.59 Å². The molecule has 0 bridgehead atoms. The number of phenols is 2. The normalized spacial score (nSPS) is 17.5. The lowest BCUT2D eigenvalue weighted by atomic mass is 9.94. The summed E-state index contributed by atoms with van der Waals surface area (Å²) in [7, 11) is 2.23. The second-order valence-corrected chi connectivity index (χ2v) is 6.07. The first-order valence-electron chi connectivity index (χ1n) is 8.37. The van der Waals surface area contributed by atoms with E-state index in [-0.39, 0.29) is 35.2 Å². The average Bonchev–Trinajstić information content (AvgIpc) is 2.69. The van der Waals surface area contributed by atoms with E-state index in [4.69, 9.17) is 14.2 Å². The summed E-state index contributed by atoms with van der Waals surface area (Å²) >= 11 is 0. The molecule has 10 nitrogen and oxygen atoms in total. The Bertz CT molecular complexity index is 939. The van der Waals surface area contributed by atoms with E-state index in [1.807, 2.05) is 0 Å². The SMILES string of the molecule is COC(=O)Oc1ccc([C@H]2Oc3cc(O)cc(O)c3C[C@H]2O)cc1OC(=O)OC. The van der Waals surface area contributed by atoms with Gasteiger partial charge in [-0.25, -0.2) is 9.59 Å². The molecule has 154 valence electrons. The van der Waals surface area contributed by atoms with Crippen molar-refractivity contribution < 1.29 is 48.6 Å². The summed E-state index contributed by atoms with van der Waals surface area (Å²) in [6.45, 7) is 0. The first-order chi connectivity index (χ1) is 13.8. The molecule has 1 aliphatic rings. The molecule has 0 saturated heterocycles. The summed E-state index contributed by atoms with van der Waals surface area (Å²) in [5.41, 5.74) is 0.727. The van der Waals surface area contributed by atoms with E-state index in [0.29, 0.717) is 11.1 Å².